The van der Waals surface area contributed by atoms with Crippen LogP contribution in [0, 0.1) is 0 Å². The number of rotatable bonds is 8. The number of hydrogen-bond donors (Lipinski definition) is 2. The molecular weight excluding hydrogens is 398 g/mol. The van der Waals surface area contributed by atoms with Crippen molar-refractivity contribution in [3.63, 3.8) is 0 Å². The number of alkyl carbamates (subject to hydrolysis) is 1. The molecule has 0 radical (unpaired) electrons. The number of amides is 3. The Morgan fingerprint density at radius 3 is 2.50 bits per heavy atom. The van der Waals surface area contributed by atoms with Gasteiger partial charge in [-0.15, -0.1) is 0 Å². The molecule has 0 spiro atoms. The standard InChI is InChI=1S/C19H23N3O8/c1-29-17(26)9-14-18(27)21(11-16(24)25)7-8-22(14)15(23)10-20-19(28)30-12-13-5-3-2-4-6-13/h2-6,14H,7-12H2,1H3,(H,20,28)(H,24,25)/t14-/m0/s1. The van der Waals surface area contributed by atoms with Crippen LogP contribution in [0.2, 0.25) is 0 Å². The van der Waals surface area contributed by atoms with Gasteiger partial charge in [0.15, 0.2) is 0 Å². The fourth-order valence-electron chi connectivity index (χ4n) is 2.92. The van der Waals surface area contributed by atoms with E-state index in [2.05, 4.69) is 10.1 Å². The topological polar surface area (TPSA) is 143 Å². The van der Waals surface area contributed by atoms with Crippen LogP contribution in [0.5, 0.6) is 0 Å². The molecule has 1 heterocycles. The molecule has 0 saturated carbocycles. The van der Waals surface area contributed by atoms with Gasteiger partial charge in [-0.2, -0.15) is 0 Å². The third-order valence-electron chi connectivity index (χ3n) is 4.41. The first kappa shape index (κ1) is 22.7. The molecule has 3 amide bonds. The van der Waals surface area contributed by atoms with Crippen LogP contribution in [0.15, 0.2) is 30.3 Å². The lowest BCUT2D eigenvalue weighted by Gasteiger charge is -2.39. The second-order valence-electron chi connectivity index (χ2n) is 6.45. The molecule has 30 heavy (non-hydrogen) atoms. The van der Waals surface area contributed by atoms with E-state index in [0.29, 0.717) is 0 Å². The third kappa shape index (κ3) is 6.47. The van der Waals surface area contributed by atoms with E-state index in [-0.39, 0.29) is 19.7 Å². The molecule has 11 heteroatoms. The molecule has 0 aliphatic carbocycles. The number of hydrogen-bond acceptors (Lipinski definition) is 7. The number of nitrogens with one attached hydrogen (secondary N) is 1. The van der Waals surface area contributed by atoms with Crippen LogP contribution < -0.4 is 5.32 Å². The summed E-state index contributed by atoms with van der Waals surface area (Å²) in [6.45, 7) is -0.953. The Labute approximate surface area is 172 Å². The minimum atomic E-state index is -1.21. The first-order valence-corrected chi connectivity index (χ1v) is 9.13. The van der Waals surface area contributed by atoms with Crippen LogP contribution in [0.4, 0.5) is 4.79 Å². The smallest absolute Gasteiger partial charge is 0.407 e. The predicted octanol–water partition coefficient (Wildman–Crippen LogP) is -0.400. The van der Waals surface area contributed by atoms with E-state index >= 15 is 0 Å². The molecule has 0 bridgehead atoms. The highest BCUT2D eigenvalue weighted by molar-refractivity contribution is 5.94. The van der Waals surface area contributed by atoms with Gasteiger partial charge in [0.25, 0.3) is 0 Å². The fourth-order valence-corrected chi connectivity index (χ4v) is 2.92. The van der Waals surface area contributed by atoms with Gasteiger partial charge in [0.2, 0.25) is 11.8 Å². The molecule has 1 aliphatic rings. The van der Waals surface area contributed by atoms with Crippen LogP contribution in [0.1, 0.15) is 12.0 Å². The van der Waals surface area contributed by atoms with E-state index in [1.54, 1.807) is 24.3 Å². The van der Waals surface area contributed by atoms with Crippen molar-refractivity contribution in [1.82, 2.24) is 15.1 Å². The SMILES string of the molecule is COC(=O)C[C@H]1C(=O)N(CC(=O)O)CCN1C(=O)CNC(=O)OCc1ccccc1. The molecule has 2 rings (SSSR count). The molecule has 1 saturated heterocycles. The van der Waals surface area contributed by atoms with Gasteiger partial charge < -0.3 is 29.7 Å². The maximum Gasteiger partial charge on any atom is 0.407 e. The van der Waals surface area contributed by atoms with Crippen molar-refractivity contribution >= 4 is 29.8 Å². The zero-order valence-electron chi connectivity index (χ0n) is 16.4. The largest absolute Gasteiger partial charge is 0.480 e. The summed E-state index contributed by atoms with van der Waals surface area (Å²) in [6, 6.07) is 7.76. The van der Waals surface area contributed by atoms with Crippen molar-refractivity contribution in [3.05, 3.63) is 35.9 Å². The number of esters is 1. The highest BCUT2D eigenvalue weighted by atomic mass is 16.5. The van der Waals surface area contributed by atoms with Crippen molar-refractivity contribution < 1.29 is 38.6 Å². The normalized spacial score (nSPS) is 16.0. The Hall–Kier alpha value is -3.63. The Morgan fingerprint density at radius 2 is 1.87 bits per heavy atom. The van der Waals surface area contributed by atoms with E-state index in [4.69, 9.17) is 9.84 Å². The van der Waals surface area contributed by atoms with Crippen molar-refractivity contribution in [3.8, 4) is 0 Å². The molecule has 0 unspecified atom stereocenters. The molecule has 1 aliphatic heterocycles. The number of carboxylic acid groups (broad SMARTS) is 1. The molecule has 1 aromatic rings. The van der Waals surface area contributed by atoms with Gasteiger partial charge in [0.05, 0.1) is 13.5 Å². The molecule has 1 atom stereocenters. The zero-order chi connectivity index (χ0) is 22.1. The summed E-state index contributed by atoms with van der Waals surface area (Å²) in [5.74, 6) is -3.21. The molecule has 2 N–H and O–H groups in total. The average Bonchev–Trinajstić information content (AvgIpc) is 2.73. The molecule has 1 aromatic carbocycles. The highest BCUT2D eigenvalue weighted by Gasteiger charge is 2.39. The Kier molecular flexibility index (Phi) is 8.15. The maximum absolute atomic E-state index is 12.6. The number of carboxylic acids is 1. The Morgan fingerprint density at radius 1 is 1.17 bits per heavy atom. The van der Waals surface area contributed by atoms with E-state index in [0.717, 1.165) is 22.5 Å². The number of methoxy groups -OCH3 is 1. The lowest BCUT2D eigenvalue weighted by Crippen LogP contribution is -2.61. The average molecular weight is 421 g/mol. The van der Waals surface area contributed by atoms with Crippen molar-refractivity contribution in [2.45, 2.75) is 19.1 Å². The summed E-state index contributed by atoms with van der Waals surface area (Å²) >= 11 is 0. The zero-order valence-corrected chi connectivity index (χ0v) is 16.4. The van der Waals surface area contributed by atoms with Crippen molar-refractivity contribution in [2.24, 2.45) is 0 Å². The Bertz CT molecular complexity index is 798. The lowest BCUT2D eigenvalue weighted by molar-refractivity contribution is -0.158. The van der Waals surface area contributed by atoms with E-state index < -0.39 is 55.4 Å². The van der Waals surface area contributed by atoms with Crippen LogP contribution in [-0.4, -0.2) is 84.1 Å². The quantitative estimate of drug-likeness (QED) is 0.540. The Balaban J connectivity index is 1.94. The van der Waals surface area contributed by atoms with Crippen LogP contribution in [0.3, 0.4) is 0 Å². The predicted molar refractivity (Wildman–Crippen MR) is 101 cm³/mol. The number of ether oxygens (including phenoxy) is 2. The van der Waals surface area contributed by atoms with Gasteiger partial charge in [-0.1, -0.05) is 30.3 Å². The molecule has 1 fully saturated rings. The monoisotopic (exact) mass is 421 g/mol. The minimum absolute atomic E-state index is 0.00694. The summed E-state index contributed by atoms with van der Waals surface area (Å²) in [4.78, 5) is 61.7. The van der Waals surface area contributed by atoms with Crippen LogP contribution >= 0.6 is 0 Å². The molecule has 11 nitrogen and oxygen atoms in total. The van der Waals surface area contributed by atoms with Crippen LogP contribution in [0.25, 0.3) is 0 Å². The number of benzene rings is 1. The van der Waals surface area contributed by atoms with Gasteiger partial charge >= 0.3 is 18.0 Å². The minimum Gasteiger partial charge on any atom is -0.480 e. The van der Waals surface area contributed by atoms with Crippen molar-refractivity contribution in [1.29, 1.82) is 0 Å². The highest BCUT2D eigenvalue weighted by Crippen LogP contribution is 2.16. The second kappa shape index (κ2) is 10.8. The summed E-state index contributed by atoms with van der Waals surface area (Å²) in [7, 11) is 1.14. The van der Waals surface area contributed by atoms with Gasteiger partial charge in [-0.3, -0.25) is 19.2 Å². The number of piperazine rings is 1. The summed E-state index contributed by atoms with van der Waals surface area (Å²) in [5, 5.41) is 11.2. The van der Waals surface area contributed by atoms with Gasteiger partial charge in [0, 0.05) is 13.1 Å². The first-order chi connectivity index (χ1) is 14.3. The number of nitrogens with zero attached hydrogens (tertiary/aromatic N) is 2. The molecular formula is C19H23N3O8. The fraction of sp³-hybridized carbons (Fsp3) is 0.421. The second-order valence-corrected chi connectivity index (χ2v) is 6.45. The van der Waals surface area contributed by atoms with Crippen molar-refractivity contribution in [2.75, 3.05) is 33.3 Å². The third-order valence-corrected chi connectivity index (χ3v) is 4.41. The van der Waals surface area contributed by atoms with E-state index in [1.165, 1.54) is 0 Å². The number of carbonyl (C=O) groups excluding carboxylic acids is 4. The summed E-state index contributed by atoms with van der Waals surface area (Å²) in [5.41, 5.74) is 0.775. The van der Waals surface area contributed by atoms with Gasteiger partial charge in [-0.25, -0.2) is 4.79 Å². The maximum atomic E-state index is 12.6. The summed E-state index contributed by atoms with van der Waals surface area (Å²) in [6.07, 6.45) is -1.23. The molecule has 162 valence electrons. The molecule has 0 aromatic heterocycles. The van der Waals surface area contributed by atoms with Gasteiger partial charge in [-0.05, 0) is 5.56 Å². The lowest BCUT2D eigenvalue weighted by atomic mass is 10.1. The van der Waals surface area contributed by atoms with Gasteiger partial charge in [0.1, 0.15) is 25.7 Å². The van der Waals surface area contributed by atoms with E-state index in [1.807, 2.05) is 6.07 Å². The first-order valence-electron chi connectivity index (χ1n) is 9.13. The number of aliphatic carboxylic acids is 1. The summed E-state index contributed by atoms with van der Waals surface area (Å²) < 4.78 is 9.59. The van der Waals surface area contributed by atoms with E-state index in [9.17, 15) is 24.0 Å². The number of carbonyl (C=O) groups is 5. The van der Waals surface area contributed by atoms with Crippen LogP contribution in [-0.2, 0) is 35.3 Å².